The SMILES string of the molecule is Cc1ccc(C(=O)N2CCCC(c3ccn[nH]3)C2)s1. The number of hydrogen-bond donors (Lipinski definition) is 1. The minimum absolute atomic E-state index is 0.169. The molecule has 1 N–H and O–H groups in total. The Hall–Kier alpha value is -1.62. The first-order valence-electron chi connectivity index (χ1n) is 6.59. The van der Waals surface area contributed by atoms with Crippen molar-refractivity contribution in [3.8, 4) is 0 Å². The molecule has 0 radical (unpaired) electrons. The Morgan fingerprint density at radius 1 is 1.47 bits per heavy atom. The van der Waals surface area contributed by atoms with E-state index in [4.69, 9.17) is 0 Å². The summed E-state index contributed by atoms with van der Waals surface area (Å²) in [6.45, 7) is 3.68. The van der Waals surface area contributed by atoms with Crippen LogP contribution in [-0.2, 0) is 0 Å². The molecule has 1 fully saturated rings. The Morgan fingerprint density at radius 2 is 2.37 bits per heavy atom. The first kappa shape index (κ1) is 12.4. The van der Waals surface area contributed by atoms with Crippen LogP contribution in [0.2, 0.25) is 0 Å². The topological polar surface area (TPSA) is 49.0 Å². The summed E-state index contributed by atoms with van der Waals surface area (Å²) in [6.07, 6.45) is 3.95. The van der Waals surface area contributed by atoms with Crippen LogP contribution in [0, 0.1) is 6.92 Å². The Labute approximate surface area is 116 Å². The summed E-state index contributed by atoms with van der Waals surface area (Å²) in [5.41, 5.74) is 1.14. The average Bonchev–Trinajstić information content (AvgIpc) is 3.09. The summed E-state index contributed by atoms with van der Waals surface area (Å²) in [5.74, 6) is 0.559. The first-order chi connectivity index (χ1) is 9.24. The quantitative estimate of drug-likeness (QED) is 0.916. The average molecular weight is 275 g/mol. The monoisotopic (exact) mass is 275 g/mol. The van der Waals surface area contributed by atoms with Gasteiger partial charge in [0.1, 0.15) is 0 Å². The Morgan fingerprint density at radius 3 is 3.05 bits per heavy atom. The van der Waals surface area contributed by atoms with Crippen LogP contribution in [0.4, 0.5) is 0 Å². The molecule has 1 amide bonds. The zero-order valence-electron chi connectivity index (χ0n) is 10.9. The van der Waals surface area contributed by atoms with Gasteiger partial charge < -0.3 is 4.90 Å². The van der Waals surface area contributed by atoms with Crippen molar-refractivity contribution in [2.75, 3.05) is 13.1 Å². The van der Waals surface area contributed by atoms with Gasteiger partial charge in [0.05, 0.1) is 4.88 Å². The molecule has 0 saturated carbocycles. The van der Waals surface area contributed by atoms with Gasteiger partial charge in [-0.05, 0) is 38.0 Å². The van der Waals surface area contributed by atoms with Crippen molar-refractivity contribution in [3.63, 3.8) is 0 Å². The molecule has 0 aliphatic carbocycles. The molecule has 0 spiro atoms. The van der Waals surface area contributed by atoms with Crippen LogP contribution < -0.4 is 0 Å². The lowest BCUT2D eigenvalue weighted by molar-refractivity contribution is 0.0711. The van der Waals surface area contributed by atoms with Gasteiger partial charge in [-0.3, -0.25) is 9.89 Å². The Balaban J connectivity index is 1.73. The molecule has 1 aliphatic heterocycles. The molecule has 2 aromatic heterocycles. The molecule has 1 saturated heterocycles. The fourth-order valence-electron chi connectivity index (χ4n) is 2.61. The third-order valence-corrected chi connectivity index (χ3v) is 4.61. The summed E-state index contributed by atoms with van der Waals surface area (Å²) < 4.78 is 0. The highest BCUT2D eigenvalue weighted by atomic mass is 32.1. The number of hydrogen-bond acceptors (Lipinski definition) is 3. The Bertz CT molecular complexity index is 561. The van der Waals surface area contributed by atoms with Crippen LogP contribution in [-0.4, -0.2) is 34.1 Å². The molecule has 1 atom stereocenters. The highest BCUT2D eigenvalue weighted by molar-refractivity contribution is 7.13. The zero-order chi connectivity index (χ0) is 13.2. The number of amides is 1. The van der Waals surface area contributed by atoms with Gasteiger partial charge in [0.25, 0.3) is 5.91 Å². The number of nitrogens with one attached hydrogen (secondary N) is 1. The molecule has 2 aromatic rings. The number of carbonyl (C=O) groups is 1. The molecular formula is C14H17N3OS. The van der Waals surface area contributed by atoms with Crippen molar-refractivity contribution >= 4 is 17.2 Å². The summed E-state index contributed by atoms with van der Waals surface area (Å²) in [5, 5.41) is 7.03. The van der Waals surface area contributed by atoms with E-state index in [-0.39, 0.29) is 5.91 Å². The van der Waals surface area contributed by atoms with E-state index in [1.165, 1.54) is 4.88 Å². The van der Waals surface area contributed by atoms with Gasteiger partial charge in [0, 0.05) is 35.8 Å². The summed E-state index contributed by atoms with van der Waals surface area (Å²) in [7, 11) is 0. The van der Waals surface area contributed by atoms with E-state index in [2.05, 4.69) is 10.2 Å². The molecule has 0 aromatic carbocycles. The second-order valence-electron chi connectivity index (χ2n) is 5.01. The second kappa shape index (κ2) is 5.17. The van der Waals surface area contributed by atoms with Gasteiger partial charge in [0.2, 0.25) is 0 Å². The number of carbonyl (C=O) groups excluding carboxylic acids is 1. The molecule has 19 heavy (non-hydrogen) atoms. The number of rotatable bonds is 2. The van der Waals surface area contributed by atoms with Crippen molar-refractivity contribution in [2.24, 2.45) is 0 Å². The van der Waals surface area contributed by atoms with Crippen LogP contribution in [0.15, 0.2) is 24.4 Å². The lowest BCUT2D eigenvalue weighted by Gasteiger charge is -2.31. The summed E-state index contributed by atoms with van der Waals surface area (Å²) >= 11 is 1.58. The van der Waals surface area contributed by atoms with E-state index in [1.54, 1.807) is 17.5 Å². The standard InChI is InChI=1S/C14H17N3OS/c1-10-4-5-13(19-10)14(18)17-8-2-3-11(9-17)12-6-7-15-16-12/h4-7,11H,2-3,8-9H2,1H3,(H,15,16). The van der Waals surface area contributed by atoms with E-state index in [0.29, 0.717) is 5.92 Å². The van der Waals surface area contributed by atoms with E-state index in [1.807, 2.05) is 30.0 Å². The smallest absolute Gasteiger partial charge is 0.263 e. The maximum atomic E-state index is 12.4. The molecule has 3 rings (SSSR count). The first-order valence-corrected chi connectivity index (χ1v) is 7.40. The number of aromatic nitrogens is 2. The van der Waals surface area contributed by atoms with Gasteiger partial charge in [0.15, 0.2) is 0 Å². The van der Waals surface area contributed by atoms with Crippen LogP contribution in [0.5, 0.6) is 0 Å². The zero-order valence-corrected chi connectivity index (χ0v) is 11.7. The number of aryl methyl sites for hydroxylation is 1. The highest BCUT2D eigenvalue weighted by Crippen LogP contribution is 2.27. The van der Waals surface area contributed by atoms with E-state index >= 15 is 0 Å². The minimum atomic E-state index is 0.169. The van der Waals surface area contributed by atoms with Crippen molar-refractivity contribution in [1.82, 2.24) is 15.1 Å². The molecule has 5 heteroatoms. The van der Waals surface area contributed by atoms with Crippen molar-refractivity contribution in [3.05, 3.63) is 39.8 Å². The number of H-pyrrole nitrogens is 1. The van der Waals surface area contributed by atoms with E-state index in [0.717, 1.165) is 36.5 Å². The van der Waals surface area contributed by atoms with E-state index in [9.17, 15) is 4.79 Å². The van der Waals surface area contributed by atoms with Crippen molar-refractivity contribution in [2.45, 2.75) is 25.7 Å². The van der Waals surface area contributed by atoms with Crippen molar-refractivity contribution in [1.29, 1.82) is 0 Å². The van der Waals surface area contributed by atoms with Gasteiger partial charge >= 0.3 is 0 Å². The van der Waals surface area contributed by atoms with Crippen LogP contribution >= 0.6 is 11.3 Å². The van der Waals surface area contributed by atoms with Gasteiger partial charge in [-0.15, -0.1) is 11.3 Å². The molecule has 4 nitrogen and oxygen atoms in total. The van der Waals surface area contributed by atoms with Crippen molar-refractivity contribution < 1.29 is 4.79 Å². The fraction of sp³-hybridized carbons (Fsp3) is 0.429. The number of nitrogens with zero attached hydrogens (tertiary/aromatic N) is 2. The number of aromatic amines is 1. The number of piperidine rings is 1. The molecule has 3 heterocycles. The number of likely N-dealkylation sites (tertiary alicyclic amines) is 1. The maximum absolute atomic E-state index is 12.4. The maximum Gasteiger partial charge on any atom is 0.263 e. The predicted octanol–water partition coefficient (Wildman–Crippen LogP) is 2.80. The fourth-order valence-corrected chi connectivity index (χ4v) is 3.45. The van der Waals surface area contributed by atoms with Gasteiger partial charge in [-0.2, -0.15) is 5.10 Å². The highest BCUT2D eigenvalue weighted by Gasteiger charge is 2.26. The molecule has 0 bridgehead atoms. The van der Waals surface area contributed by atoms with Gasteiger partial charge in [-0.25, -0.2) is 0 Å². The lowest BCUT2D eigenvalue weighted by atomic mass is 9.95. The third kappa shape index (κ3) is 2.56. The van der Waals surface area contributed by atoms with Crippen LogP contribution in [0.3, 0.4) is 0 Å². The third-order valence-electron chi connectivity index (χ3n) is 3.62. The Kier molecular flexibility index (Phi) is 3.38. The molecule has 1 aliphatic rings. The normalized spacial score (nSPS) is 19.6. The van der Waals surface area contributed by atoms with Crippen LogP contribution in [0.1, 0.15) is 39.0 Å². The molecule has 100 valence electrons. The van der Waals surface area contributed by atoms with Gasteiger partial charge in [-0.1, -0.05) is 0 Å². The predicted molar refractivity (Wildman–Crippen MR) is 75.5 cm³/mol. The number of thiophene rings is 1. The summed E-state index contributed by atoms with van der Waals surface area (Å²) in [4.78, 5) is 16.4. The lowest BCUT2D eigenvalue weighted by Crippen LogP contribution is -2.38. The molecular weight excluding hydrogens is 258 g/mol. The summed E-state index contributed by atoms with van der Waals surface area (Å²) in [6, 6.07) is 5.95. The largest absolute Gasteiger partial charge is 0.337 e. The van der Waals surface area contributed by atoms with E-state index < -0.39 is 0 Å². The second-order valence-corrected chi connectivity index (χ2v) is 6.30. The van der Waals surface area contributed by atoms with Crippen LogP contribution in [0.25, 0.3) is 0 Å². The minimum Gasteiger partial charge on any atom is -0.337 e. The molecule has 1 unspecified atom stereocenters.